The molecule has 1 aliphatic rings. The number of thiocarbonyl (C=S) groups is 1. The van der Waals surface area contributed by atoms with Gasteiger partial charge in [-0.2, -0.15) is 0 Å². The Balaban J connectivity index is 2.54. The SMILES string of the molecule is CN1C(=O)C(=O)N(c2cc(Cl)ccc2Cl)C1=S. The molecular formula is C10H6Cl2N2O2S. The Hall–Kier alpha value is -1.17. The highest BCUT2D eigenvalue weighted by Gasteiger charge is 2.41. The Kier molecular flexibility index (Phi) is 3.07. The fourth-order valence-corrected chi connectivity index (χ4v) is 2.07. The first-order valence-corrected chi connectivity index (χ1v) is 5.71. The van der Waals surface area contributed by atoms with Gasteiger partial charge >= 0.3 is 11.8 Å². The Morgan fingerprint density at radius 1 is 1.18 bits per heavy atom. The van der Waals surface area contributed by atoms with Crippen LogP contribution in [0.4, 0.5) is 5.69 Å². The number of carbonyl (C=O) groups excluding carboxylic acids is 2. The van der Waals surface area contributed by atoms with Crippen LogP contribution in [0.25, 0.3) is 0 Å². The van der Waals surface area contributed by atoms with E-state index in [9.17, 15) is 9.59 Å². The molecule has 0 unspecified atom stereocenters. The first-order valence-electron chi connectivity index (χ1n) is 4.54. The van der Waals surface area contributed by atoms with Gasteiger partial charge in [-0.3, -0.25) is 14.5 Å². The second-order valence-electron chi connectivity index (χ2n) is 3.38. The van der Waals surface area contributed by atoms with Crippen LogP contribution < -0.4 is 4.90 Å². The summed E-state index contributed by atoms with van der Waals surface area (Å²) in [6.45, 7) is 0. The van der Waals surface area contributed by atoms with E-state index in [1.165, 1.54) is 19.2 Å². The summed E-state index contributed by atoms with van der Waals surface area (Å²) in [5.74, 6) is -1.42. The van der Waals surface area contributed by atoms with Crippen LogP contribution in [0.1, 0.15) is 0 Å². The van der Waals surface area contributed by atoms with E-state index in [4.69, 9.17) is 35.4 Å². The Morgan fingerprint density at radius 2 is 1.82 bits per heavy atom. The largest absolute Gasteiger partial charge is 0.323 e. The van der Waals surface area contributed by atoms with Gasteiger partial charge in [0, 0.05) is 12.1 Å². The summed E-state index contributed by atoms with van der Waals surface area (Å²) in [7, 11) is 1.43. The van der Waals surface area contributed by atoms with Gasteiger partial charge in [-0.25, -0.2) is 4.90 Å². The van der Waals surface area contributed by atoms with Crippen molar-refractivity contribution < 1.29 is 9.59 Å². The molecule has 1 aromatic rings. The molecule has 0 aliphatic carbocycles. The molecule has 0 radical (unpaired) electrons. The zero-order chi connectivity index (χ0) is 12.7. The molecule has 1 aromatic carbocycles. The van der Waals surface area contributed by atoms with Crippen molar-refractivity contribution in [3.05, 3.63) is 28.2 Å². The summed E-state index contributed by atoms with van der Waals surface area (Å²) < 4.78 is 0. The van der Waals surface area contributed by atoms with E-state index in [1.54, 1.807) is 6.07 Å². The second kappa shape index (κ2) is 4.25. The van der Waals surface area contributed by atoms with Gasteiger partial charge in [0.25, 0.3) is 0 Å². The smallest absolute Gasteiger partial charge is 0.283 e. The Morgan fingerprint density at radius 3 is 2.35 bits per heavy atom. The summed E-state index contributed by atoms with van der Waals surface area (Å²) in [5, 5.41) is 0.791. The van der Waals surface area contributed by atoms with Crippen molar-refractivity contribution in [3.8, 4) is 0 Å². The molecule has 0 atom stereocenters. The number of halogens is 2. The van der Waals surface area contributed by atoms with E-state index >= 15 is 0 Å². The van der Waals surface area contributed by atoms with Crippen LogP contribution in [-0.4, -0.2) is 28.9 Å². The zero-order valence-corrected chi connectivity index (χ0v) is 10.9. The predicted molar refractivity (Wildman–Crippen MR) is 69.3 cm³/mol. The standard InChI is InChI=1S/C10H6Cl2N2O2S/c1-13-8(15)9(16)14(10(13)17)7-4-5(11)2-3-6(7)12/h2-4H,1H3. The van der Waals surface area contributed by atoms with E-state index in [-0.39, 0.29) is 5.11 Å². The van der Waals surface area contributed by atoms with Crippen LogP contribution in [0.5, 0.6) is 0 Å². The number of amides is 2. The first kappa shape index (κ1) is 12.3. The number of rotatable bonds is 1. The van der Waals surface area contributed by atoms with Crippen LogP contribution in [0.2, 0.25) is 10.0 Å². The second-order valence-corrected chi connectivity index (χ2v) is 4.59. The van der Waals surface area contributed by atoms with E-state index < -0.39 is 11.8 Å². The van der Waals surface area contributed by atoms with Gasteiger partial charge in [0.15, 0.2) is 5.11 Å². The molecule has 0 spiro atoms. The van der Waals surface area contributed by atoms with Crippen LogP contribution in [0, 0.1) is 0 Å². The lowest BCUT2D eigenvalue weighted by Gasteiger charge is -2.17. The molecule has 7 heteroatoms. The van der Waals surface area contributed by atoms with Gasteiger partial charge in [-0.05, 0) is 30.4 Å². The third kappa shape index (κ3) is 1.90. The van der Waals surface area contributed by atoms with Crippen molar-refractivity contribution in [3.63, 3.8) is 0 Å². The number of hydrogen-bond acceptors (Lipinski definition) is 3. The zero-order valence-electron chi connectivity index (χ0n) is 8.61. The van der Waals surface area contributed by atoms with Gasteiger partial charge in [-0.15, -0.1) is 0 Å². The van der Waals surface area contributed by atoms with Crippen LogP contribution in [-0.2, 0) is 9.59 Å². The molecule has 0 N–H and O–H groups in total. The van der Waals surface area contributed by atoms with E-state index in [2.05, 4.69) is 0 Å². The van der Waals surface area contributed by atoms with Crippen molar-refractivity contribution in [2.75, 3.05) is 11.9 Å². The predicted octanol–water partition coefficient (Wildman–Crippen LogP) is 2.08. The molecule has 88 valence electrons. The van der Waals surface area contributed by atoms with Gasteiger partial charge < -0.3 is 0 Å². The van der Waals surface area contributed by atoms with Gasteiger partial charge in [0.2, 0.25) is 0 Å². The highest BCUT2D eigenvalue weighted by Crippen LogP contribution is 2.31. The number of nitrogens with zero attached hydrogens (tertiary/aromatic N) is 2. The Labute approximate surface area is 113 Å². The number of hydrogen-bond donors (Lipinski definition) is 0. The van der Waals surface area contributed by atoms with E-state index in [0.717, 1.165) is 9.80 Å². The molecule has 1 aliphatic heterocycles. The lowest BCUT2D eigenvalue weighted by molar-refractivity contribution is -0.138. The highest BCUT2D eigenvalue weighted by molar-refractivity contribution is 7.80. The molecule has 1 heterocycles. The molecule has 4 nitrogen and oxygen atoms in total. The average Bonchev–Trinajstić information content (AvgIpc) is 2.48. The quantitative estimate of drug-likeness (QED) is 0.587. The third-order valence-corrected chi connectivity index (χ3v) is 3.33. The maximum absolute atomic E-state index is 11.7. The minimum absolute atomic E-state index is 0.0872. The maximum atomic E-state index is 11.7. The number of carbonyl (C=O) groups is 2. The highest BCUT2D eigenvalue weighted by atomic mass is 35.5. The number of likely N-dealkylation sites (N-methyl/N-ethyl adjacent to an activating group) is 1. The van der Waals surface area contributed by atoms with Crippen LogP contribution in [0.3, 0.4) is 0 Å². The monoisotopic (exact) mass is 288 g/mol. The first-order chi connectivity index (χ1) is 7.93. The van der Waals surface area contributed by atoms with Crippen molar-refractivity contribution in [2.24, 2.45) is 0 Å². The maximum Gasteiger partial charge on any atom is 0.323 e. The fraction of sp³-hybridized carbons (Fsp3) is 0.100. The lowest BCUT2D eigenvalue weighted by atomic mass is 10.3. The summed E-state index contributed by atoms with van der Waals surface area (Å²) >= 11 is 16.8. The van der Waals surface area contributed by atoms with Crippen molar-refractivity contribution in [2.45, 2.75) is 0 Å². The summed E-state index contributed by atoms with van der Waals surface area (Å²) in [4.78, 5) is 25.4. The molecule has 17 heavy (non-hydrogen) atoms. The molecule has 0 aromatic heterocycles. The fourth-order valence-electron chi connectivity index (χ4n) is 1.43. The molecular weight excluding hydrogens is 283 g/mol. The molecule has 2 rings (SSSR count). The Bertz CT molecular complexity index is 547. The number of anilines is 1. The van der Waals surface area contributed by atoms with Crippen molar-refractivity contribution in [1.82, 2.24) is 4.90 Å². The lowest BCUT2D eigenvalue weighted by Crippen LogP contribution is -2.31. The van der Waals surface area contributed by atoms with Crippen molar-refractivity contribution in [1.29, 1.82) is 0 Å². The number of benzene rings is 1. The van der Waals surface area contributed by atoms with E-state index in [0.29, 0.717) is 15.7 Å². The van der Waals surface area contributed by atoms with Gasteiger partial charge in [0.1, 0.15) is 0 Å². The van der Waals surface area contributed by atoms with Gasteiger partial charge in [-0.1, -0.05) is 23.2 Å². The third-order valence-electron chi connectivity index (χ3n) is 2.32. The normalized spacial score (nSPS) is 16.1. The van der Waals surface area contributed by atoms with Crippen LogP contribution >= 0.6 is 35.4 Å². The summed E-state index contributed by atoms with van der Waals surface area (Å²) in [5.41, 5.74) is 0.312. The summed E-state index contributed by atoms with van der Waals surface area (Å²) in [6, 6.07) is 4.61. The topological polar surface area (TPSA) is 40.6 Å². The van der Waals surface area contributed by atoms with Gasteiger partial charge in [0.05, 0.1) is 10.7 Å². The molecule has 2 amide bonds. The molecule has 1 saturated heterocycles. The van der Waals surface area contributed by atoms with Crippen LogP contribution in [0.15, 0.2) is 18.2 Å². The van der Waals surface area contributed by atoms with Crippen molar-refractivity contribution >= 4 is 58.0 Å². The minimum Gasteiger partial charge on any atom is -0.283 e. The molecule has 0 saturated carbocycles. The molecule has 0 bridgehead atoms. The summed E-state index contributed by atoms with van der Waals surface area (Å²) in [6.07, 6.45) is 0. The average molecular weight is 289 g/mol. The molecule has 1 fully saturated rings. The minimum atomic E-state index is -0.735. The van der Waals surface area contributed by atoms with E-state index in [1.807, 2.05) is 0 Å².